The van der Waals surface area contributed by atoms with Crippen LogP contribution in [-0.4, -0.2) is 32.3 Å². The summed E-state index contributed by atoms with van der Waals surface area (Å²) in [4.78, 5) is 36.6. The topological polar surface area (TPSA) is 92.1 Å². The zero-order valence-corrected chi connectivity index (χ0v) is 12.7. The van der Waals surface area contributed by atoms with Crippen LogP contribution in [0.1, 0.15) is 21.8 Å². The van der Waals surface area contributed by atoms with Gasteiger partial charge < -0.3 is 14.3 Å². The van der Waals surface area contributed by atoms with Gasteiger partial charge in [-0.1, -0.05) is 18.2 Å². The van der Waals surface area contributed by atoms with Crippen molar-refractivity contribution in [3.63, 3.8) is 0 Å². The molecular weight excluding hydrogens is 308 g/mol. The van der Waals surface area contributed by atoms with Crippen molar-refractivity contribution in [2.45, 2.75) is 13.0 Å². The van der Waals surface area contributed by atoms with Crippen LogP contribution in [0, 0.1) is 0 Å². The van der Waals surface area contributed by atoms with E-state index in [1.807, 2.05) is 30.3 Å². The average molecular weight is 322 g/mol. The van der Waals surface area contributed by atoms with Gasteiger partial charge in [0, 0.05) is 24.7 Å². The molecule has 2 aromatic heterocycles. The van der Waals surface area contributed by atoms with E-state index in [-0.39, 0.29) is 11.5 Å². The lowest BCUT2D eigenvalue weighted by atomic mass is 10.1. The number of nitrogens with zero attached hydrogens (tertiary/aromatic N) is 3. The van der Waals surface area contributed by atoms with E-state index in [1.54, 1.807) is 4.90 Å². The maximum Gasteiger partial charge on any atom is 0.263 e. The first kappa shape index (κ1) is 14.4. The van der Waals surface area contributed by atoms with Gasteiger partial charge in [-0.2, -0.15) is 0 Å². The minimum absolute atomic E-state index is 0.0349. The van der Waals surface area contributed by atoms with Gasteiger partial charge in [-0.3, -0.25) is 9.59 Å². The molecule has 1 aliphatic rings. The minimum atomic E-state index is -0.439. The van der Waals surface area contributed by atoms with Gasteiger partial charge >= 0.3 is 0 Å². The van der Waals surface area contributed by atoms with E-state index >= 15 is 0 Å². The fraction of sp³-hybridized carbons (Fsp3) is 0.176. The third-order valence-electron chi connectivity index (χ3n) is 3.98. The Morgan fingerprint density at radius 1 is 1.25 bits per heavy atom. The van der Waals surface area contributed by atoms with Crippen LogP contribution in [0.15, 0.2) is 52.1 Å². The van der Waals surface area contributed by atoms with Gasteiger partial charge in [0.2, 0.25) is 5.89 Å². The van der Waals surface area contributed by atoms with Gasteiger partial charge in [0.25, 0.3) is 11.5 Å². The lowest BCUT2D eigenvalue weighted by Crippen LogP contribution is -2.38. The van der Waals surface area contributed by atoms with Crippen LogP contribution >= 0.6 is 0 Å². The van der Waals surface area contributed by atoms with E-state index < -0.39 is 5.56 Å². The van der Waals surface area contributed by atoms with E-state index in [0.29, 0.717) is 25.4 Å². The second-order valence-corrected chi connectivity index (χ2v) is 5.53. The quantitative estimate of drug-likeness (QED) is 0.774. The van der Waals surface area contributed by atoms with Gasteiger partial charge in [0.05, 0.1) is 12.9 Å². The van der Waals surface area contributed by atoms with E-state index in [0.717, 1.165) is 17.0 Å². The lowest BCUT2D eigenvalue weighted by Gasteiger charge is -2.24. The number of rotatable bonds is 2. The molecule has 0 spiro atoms. The van der Waals surface area contributed by atoms with Crippen molar-refractivity contribution < 1.29 is 9.21 Å². The molecule has 0 radical (unpaired) electrons. The monoisotopic (exact) mass is 322 g/mol. The van der Waals surface area contributed by atoms with Crippen LogP contribution in [0.5, 0.6) is 0 Å². The number of fused-ring (bicyclic) bond motifs is 1. The lowest BCUT2D eigenvalue weighted by molar-refractivity contribution is 0.0725. The van der Waals surface area contributed by atoms with Crippen LogP contribution in [-0.2, 0) is 13.0 Å². The van der Waals surface area contributed by atoms with Crippen molar-refractivity contribution in [3.05, 3.63) is 70.2 Å². The zero-order valence-electron chi connectivity index (χ0n) is 12.7. The highest BCUT2D eigenvalue weighted by Gasteiger charge is 2.27. The predicted molar refractivity (Wildman–Crippen MR) is 85.2 cm³/mol. The number of hydrogen-bond donors (Lipinski definition) is 1. The van der Waals surface area contributed by atoms with Gasteiger partial charge in [0.1, 0.15) is 17.0 Å². The molecule has 120 valence electrons. The second-order valence-electron chi connectivity index (χ2n) is 5.53. The smallest absolute Gasteiger partial charge is 0.263 e. The molecule has 0 fully saturated rings. The molecule has 7 nitrogen and oxygen atoms in total. The van der Waals surface area contributed by atoms with E-state index in [2.05, 4.69) is 15.0 Å². The first-order valence-electron chi connectivity index (χ1n) is 7.58. The molecule has 0 saturated heterocycles. The van der Waals surface area contributed by atoms with Gasteiger partial charge in [-0.05, 0) is 12.1 Å². The summed E-state index contributed by atoms with van der Waals surface area (Å²) >= 11 is 0. The molecule has 1 aliphatic heterocycles. The highest BCUT2D eigenvalue weighted by Crippen LogP contribution is 2.26. The minimum Gasteiger partial charge on any atom is -0.441 e. The van der Waals surface area contributed by atoms with Gasteiger partial charge in [-0.15, -0.1) is 0 Å². The molecule has 0 unspecified atom stereocenters. The van der Waals surface area contributed by atoms with Crippen LogP contribution in [0.2, 0.25) is 0 Å². The first-order chi connectivity index (χ1) is 11.7. The maximum absolute atomic E-state index is 12.5. The SMILES string of the molecule is O=C(c1cnc[nH]c1=O)N1CCc2oc(-c3ccccc3)nc2C1. The number of oxazole rings is 1. The molecule has 3 heterocycles. The average Bonchev–Trinajstić information content (AvgIpc) is 3.05. The molecule has 24 heavy (non-hydrogen) atoms. The number of H-pyrrole nitrogens is 1. The normalized spacial score (nSPS) is 13.6. The Bertz CT molecular complexity index is 946. The van der Waals surface area contributed by atoms with Crippen molar-refractivity contribution >= 4 is 5.91 Å². The Balaban J connectivity index is 1.60. The number of amides is 1. The summed E-state index contributed by atoms with van der Waals surface area (Å²) in [6, 6.07) is 9.62. The van der Waals surface area contributed by atoms with Crippen LogP contribution in [0.3, 0.4) is 0 Å². The zero-order chi connectivity index (χ0) is 16.5. The number of aromatic amines is 1. The Morgan fingerprint density at radius 2 is 2.08 bits per heavy atom. The highest BCUT2D eigenvalue weighted by atomic mass is 16.4. The molecule has 0 saturated carbocycles. The number of carbonyl (C=O) groups is 1. The van der Waals surface area contributed by atoms with Crippen LogP contribution in [0.4, 0.5) is 0 Å². The largest absolute Gasteiger partial charge is 0.441 e. The number of benzene rings is 1. The summed E-state index contributed by atoms with van der Waals surface area (Å²) < 4.78 is 5.82. The molecular formula is C17H14N4O3. The molecule has 1 amide bonds. The molecule has 0 bridgehead atoms. The molecule has 1 aromatic carbocycles. The number of carbonyl (C=O) groups excluding carboxylic acids is 1. The molecule has 1 N–H and O–H groups in total. The van der Waals surface area contributed by atoms with Crippen molar-refractivity contribution in [1.82, 2.24) is 19.9 Å². The van der Waals surface area contributed by atoms with E-state index in [1.165, 1.54) is 12.5 Å². The Morgan fingerprint density at radius 3 is 2.88 bits per heavy atom. The fourth-order valence-corrected chi connectivity index (χ4v) is 2.74. The standard InChI is InChI=1S/C17H14N4O3/c22-15-12(8-18-10-19-15)17(23)21-7-6-14-13(9-21)20-16(24-14)11-4-2-1-3-5-11/h1-5,8,10H,6-7,9H2,(H,18,19,22). The predicted octanol–water partition coefficient (Wildman–Crippen LogP) is 1.62. The Labute approximate surface area is 137 Å². The Hall–Kier alpha value is -3.22. The summed E-state index contributed by atoms with van der Waals surface area (Å²) in [7, 11) is 0. The summed E-state index contributed by atoms with van der Waals surface area (Å²) in [5, 5.41) is 0. The molecule has 7 heteroatoms. The third kappa shape index (κ3) is 2.50. The maximum atomic E-state index is 12.5. The van der Waals surface area contributed by atoms with Crippen LogP contribution in [0.25, 0.3) is 11.5 Å². The molecule has 4 rings (SSSR count). The number of nitrogens with one attached hydrogen (secondary N) is 1. The summed E-state index contributed by atoms with van der Waals surface area (Å²) in [6.45, 7) is 0.794. The van der Waals surface area contributed by atoms with Gasteiger partial charge in [0.15, 0.2) is 0 Å². The van der Waals surface area contributed by atoms with Crippen LogP contribution < -0.4 is 5.56 Å². The summed E-state index contributed by atoms with van der Waals surface area (Å²) in [5.41, 5.74) is 1.22. The molecule has 3 aromatic rings. The first-order valence-corrected chi connectivity index (χ1v) is 7.58. The molecule has 0 atom stereocenters. The molecule has 0 aliphatic carbocycles. The van der Waals surface area contributed by atoms with Crippen molar-refractivity contribution in [1.29, 1.82) is 0 Å². The van der Waals surface area contributed by atoms with Crippen molar-refractivity contribution in [2.75, 3.05) is 6.54 Å². The van der Waals surface area contributed by atoms with Crippen molar-refractivity contribution in [3.8, 4) is 11.5 Å². The highest BCUT2D eigenvalue weighted by molar-refractivity contribution is 5.93. The number of hydrogen-bond acceptors (Lipinski definition) is 5. The van der Waals surface area contributed by atoms with E-state index in [9.17, 15) is 9.59 Å². The third-order valence-corrected chi connectivity index (χ3v) is 3.98. The fourth-order valence-electron chi connectivity index (χ4n) is 2.74. The van der Waals surface area contributed by atoms with Gasteiger partial charge in [-0.25, -0.2) is 9.97 Å². The van der Waals surface area contributed by atoms with E-state index in [4.69, 9.17) is 4.42 Å². The number of aromatic nitrogens is 3. The second kappa shape index (κ2) is 5.77. The van der Waals surface area contributed by atoms with Crippen molar-refractivity contribution in [2.24, 2.45) is 0 Å². The summed E-state index contributed by atoms with van der Waals surface area (Å²) in [5.74, 6) is 0.992. The summed E-state index contributed by atoms with van der Waals surface area (Å²) in [6.07, 6.45) is 3.12. The Kier molecular flexibility index (Phi) is 3.45.